The van der Waals surface area contributed by atoms with Crippen molar-refractivity contribution < 1.29 is 31.1 Å². The molecule has 0 N–H and O–H groups in total. The van der Waals surface area contributed by atoms with Crippen molar-refractivity contribution in [1.29, 1.82) is 0 Å². The van der Waals surface area contributed by atoms with Gasteiger partial charge in [0, 0.05) is 11.8 Å². The Hall–Kier alpha value is -2.71. The van der Waals surface area contributed by atoms with Crippen LogP contribution in [0, 0.1) is 6.92 Å². The first-order chi connectivity index (χ1) is 11.5. The normalized spacial score (nSPS) is 12.6. The molecule has 3 rings (SSSR count). The van der Waals surface area contributed by atoms with Gasteiger partial charge in [-0.2, -0.15) is 18.3 Å². The molecule has 0 amide bonds. The Kier molecular flexibility index (Phi) is 3.89. The van der Waals surface area contributed by atoms with Crippen LogP contribution in [0.3, 0.4) is 0 Å². The minimum absolute atomic E-state index is 0.205. The zero-order valence-corrected chi connectivity index (χ0v) is 12.6. The molecule has 0 aliphatic heterocycles. The van der Waals surface area contributed by atoms with E-state index in [9.17, 15) is 26.3 Å². The molecule has 25 heavy (non-hydrogen) atoms. The molecule has 0 saturated heterocycles. The lowest BCUT2D eigenvalue weighted by Gasteiger charge is -2.10. The number of aryl methyl sites for hydroxylation is 1. The van der Waals surface area contributed by atoms with Crippen LogP contribution in [-0.2, 0) is 6.18 Å². The molecule has 0 radical (unpaired) electrons. The second-order valence-corrected chi connectivity index (χ2v) is 5.28. The number of ether oxygens (including phenoxy) is 1. The molecule has 132 valence electrons. The Labute approximate surface area is 137 Å². The van der Waals surface area contributed by atoms with Crippen molar-refractivity contribution >= 4 is 5.52 Å². The molecule has 0 aliphatic carbocycles. The molecule has 1 aromatic carbocycles. The minimum Gasteiger partial charge on any atom is -0.406 e. The van der Waals surface area contributed by atoms with Gasteiger partial charge in [0.15, 0.2) is 0 Å². The summed E-state index contributed by atoms with van der Waals surface area (Å²) < 4.78 is 80.4. The quantitative estimate of drug-likeness (QED) is 0.585. The van der Waals surface area contributed by atoms with E-state index in [-0.39, 0.29) is 5.52 Å². The van der Waals surface area contributed by atoms with Crippen LogP contribution in [0.1, 0.15) is 11.3 Å². The second kappa shape index (κ2) is 5.68. The first-order valence-electron chi connectivity index (χ1n) is 6.97. The van der Waals surface area contributed by atoms with Crippen LogP contribution < -0.4 is 4.74 Å². The zero-order valence-electron chi connectivity index (χ0n) is 12.6. The van der Waals surface area contributed by atoms with Crippen molar-refractivity contribution in [1.82, 2.24) is 9.61 Å². The van der Waals surface area contributed by atoms with Gasteiger partial charge in [-0.25, -0.2) is 4.52 Å². The molecule has 0 fully saturated rings. The summed E-state index contributed by atoms with van der Waals surface area (Å²) in [6, 6.07) is 6.73. The summed E-state index contributed by atoms with van der Waals surface area (Å²) >= 11 is 0. The summed E-state index contributed by atoms with van der Waals surface area (Å²) in [6.07, 6.45) is -8.14. The molecule has 9 heteroatoms. The largest absolute Gasteiger partial charge is 0.573 e. The number of benzene rings is 1. The third kappa shape index (κ3) is 3.54. The van der Waals surface area contributed by atoms with Crippen LogP contribution in [0.15, 0.2) is 42.6 Å². The number of aromatic nitrogens is 2. The fourth-order valence-corrected chi connectivity index (χ4v) is 2.52. The van der Waals surface area contributed by atoms with Gasteiger partial charge in [0.1, 0.15) is 5.75 Å². The number of rotatable bonds is 2. The highest BCUT2D eigenvalue weighted by Gasteiger charge is 2.32. The maximum atomic E-state index is 12.9. The molecule has 0 aliphatic rings. The number of nitrogens with zero attached hydrogens (tertiary/aromatic N) is 2. The average molecular weight is 360 g/mol. The highest BCUT2D eigenvalue weighted by Crippen LogP contribution is 2.35. The first-order valence-corrected chi connectivity index (χ1v) is 6.97. The Bertz CT molecular complexity index is 909. The summed E-state index contributed by atoms with van der Waals surface area (Å²) in [7, 11) is 0. The van der Waals surface area contributed by atoms with Gasteiger partial charge in [-0.15, -0.1) is 13.2 Å². The van der Waals surface area contributed by atoms with E-state index in [1.165, 1.54) is 22.8 Å². The highest BCUT2D eigenvalue weighted by atomic mass is 19.4. The van der Waals surface area contributed by atoms with Gasteiger partial charge in [-0.05, 0) is 36.8 Å². The standard InChI is InChI=1S/C16H10F6N2O/c1-9-14(10-2-4-12(5-3-10)25-16(20,21)22)13-8-11(15(17,18)19)6-7-24(13)23-9/h2-8H,1H3. The summed E-state index contributed by atoms with van der Waals surface area (Å²) in [4.78, 5) is 0. The van der Waals surface area contributed by atoms with Gasteiger partial charge in [0.2, 0.25) is 0 Å². The van der Waals surface area contributed by atoms with E-state index in [1.807, 2.05) is 0 Å². The minimum atomic E-state index is -4.82. The van der Waals surface area contributed by atoms with Crippen molar-refractivity contribution in [2.45, 2.75) is 19.5 Å². The SMILES string of the molecule is Cc1nn2ccc(C(F)(F)F)cc2c1-c1ccc(OC(F)(F)F)cc1. The van der Waals surface area contributed by atoms with Gasteiger partial charge in [-0.1, -0.05) is 12.1 Å². The molecule has 2 aromatic heterocycles. The van der Waals surface area contributed by atoms with E-state index in [4.69, 9.17) is 0 Å². The van der Waals surface area contributed by atoms with Crippen molar-refractivity contribution in [3.05, 3.63) is 53.9 Å². The van der Waals surface area contributed by atoms with Crippen LogP contribution in [0.5, 0.6) is 5.75 Å². The molecule has 0 unspecified atom stereocenters. The summed E-state index contributed by atoms with van der Waals surface area (Å²) in [5.74, 6) is -0.415. The van der Waals surface area contributed by atoms with E-state index in [2.05, 4.69) is 9.84 Å². The van der Waals surface area contributed by atoms with Crippen molar-refractivity contribution in [3.8, 4) is 16.9 Å². The maximum Gasteiger partial charge on any atom is 0.573 e. The Balaban J connectivity index is 2.07. The van der Waals surface area contributed by atoms with Gasteiger partial charge in [-0.3, -0.25) is 0 Å². The van der Waals surface area contributed by atoms with Crippen LogP contribution in [-0.4, -0.2) is 16.0 Å². The molecular formula is C16H10F6N2O. The third-order valence-corrected chi connectivity index (χ3v) is 3.51. The van der Waals surface area contributed by atoms with Crippen LogP contribution in [0.2, 0.25) is 0 Å². The maximum absolute atomic E-state index is 12.9. The summed E-state index contributed by atoms with van der Waals surface area (Å²) in [5.41, 5.74) is 0.657. The fourth-order valence-electron chi connectivity index (χ4n) is 2.52. The van der Waals surface area contributed by atoms with E-state index in [0.29, 0.717) is 16.8 Å². The van der Waals surface area contributed by atoms with E-state index in [1.54, 1.807) is 6.92 Å². The number of halogens is 6. The predicted octanol–water partition coefficient (Wildman–Crippen LogP) is 5.23. The Morgan fingerprint density at radius 1 is 0.960 bits per heavy atom. The van der Waals surface area contributed by atoms with Crippen molar-refractivity contribution in [2.75, 3.05) is 0 Å². The van der Waals surface area contributed by atoms with Gasteiger partial charge >= 0.3 is 12.5 Å². The molecule has 3 nitrogen and oxygen atoms in total. The lowest BCUT2D eigenvalue weighted by Crippen LogP contribution is -2.16. The fraction of sp³-hybridized carbons (Fsp3) is 0.188. The first kappa shape index (κ1) is 17.1. The van der Waals surface area contributed by atoms with E-state index >= 15 is 0 Å². The van der Waals surface area contributed by atoms with E-state index < -0.39 is 23.9 Å². The van der Waals surface area contributed by atoms with Crippen LogP contribution in [0.4, 0.5) is 26.3 Å². The molecule has 0 bridgehead atoms. The third-order valence-electron chi connectivity index (χ3n) is 3.51. The van der Waals surface area contributed by atoms with Gasteiger partial charge in [0.05, 0.1) is 16.8 Å². The summed E-state index contributed by atoms with van der Waals surface area (Å²) in [6.45, 7) is 1.61. The Morgan fingerprint density at radius 3 is 2.16 bits per heavy atom. The van der Waals surface area contributed by atoms with Crippen molar-refractivity contribution in [3.63, 3.8) is 0 Å². The van der Waals surface area contributed by atoms with Gasteiger partial charge < -0.3 is 4.74 Å². The second-order valence-electron chi connectivity index (χ2n) is 5.28. The Morgan fingerprint density at radius 2 is 1.60 bits per heavy atom. The molecule has 0 saturated carbocycles. The van der Waals surface area contributed by atoms with Crippen LogP contribution >= 0.6 is 0 Å². The smallest absolute Gasteiger partial charge is 0.406 e. The average Bonchev–Trinajstić information content (AvgIpc) is 2.80. The number of alkyl halides is 6. The highest BCUT2D eigenvalue weighted by molar-refractivity contribution is 5.83. The lowest BCUT2D eigenvalue weighted by atomic mass is 10.0. The molecule has 2 heterocycles. The molecular weight excluding hydrogens is 350 g/mol. The topological polar surface area (TPSA) is 26.5 Å². The number of hydrogen-bond acceptors (Lipinski definition) is 2. The zero-order chi connectivity index (χ0) is 18.4. The monoisotopic (exact) mass is 360 g/mol. The number of fused-ring (bicyclic) bond motifs is 1. The summed E-state index contributed by atoms with van der Waals surface area (Å²) in [5, 5.41) is 4.13. The lowest BCUT2D eigenvalue weighted by molar-refractivity contribution is -0.274. The number of pyridine rings is 1. The predicted molar refractivity (Wildman–Crippen MR) is 77.1 cm³/mol. The molecule has 0 atom stereocenters. The van der Waals surface area contributed by atoms with Crippen LogP contribution in [0.25, 0.3) is 16.6 Å². The van der Waals surface area contributed by atoms with E-state index in [0.717, 1.165) is 24.3 Å². The molecule has 3 aromatic rings. The molecule has 0 spiro atoms. The van der Waals surface area contributed by atoms with Gasteiger partial charge in [0.25, 0.3) is 0 Å². The number of hydrogen-bond donors (Lipinski definition) is 0. The van der Waals surface area contributed by atoms with Crippen molar-refractivity contribution in [2.24, 2.45) is 0 Å².